The van der Waals surface area contributed by atoms with Crippen LogP contribution >= 0.6 is 12.2 Å². The van der Waals surface area contributed by atoms with Crippen LogP contribution in [0.15, 0.2) is 23.1 Å². The van der Waals surface area contributed by atoms with E-state index in [0.717, 1.165) is 0 Å². The lowest BCUT2D eigenvalue weighted by Gasteiger charge is -2.09. The Morgan fingerprint density at radius 1 is 1.62 bits per heavy atom. The summed E-state index contributed by atoms with van der Waals surface area (Å²) in [6.45, 7) is 1.69. The summed E-state index contributed by atoms with van der Waals surface area (Å²) in [6.07, 6.45) is 3.91. The van der Waals surface area contributed by atoms with Gasteiger partial charge in [0.15, 0.2) is 0 Å². The second-order valence-corrected chi connectivity index (χ2v) is 5.15. The van der Waals surface area contributed by atoms with Crippen LogP contribution in [0.3, 0.4) is 0 Å². The van der Waals surface area contributed by atoms with Crippen LogP contribution in [-0.2, 0) is 14.8 Å². The number of nitrogens with one attached hydrogen (secondary N) is 1. The lowest BCUT2D eigenvalue weighted by molar-refractivity contribution is 0.159. The molecule has 1 aliphatic rings. The standard InChI is InChI=1S/C9H11NO4S2/c1-2-14-9(11)10-16(12,13)8-5-3-4-7(15)6-8/h3,5-6H,2,4H2,1H3,(H,10,11). The molecule has 0 radical (unpaired) electrons. The van der Waals surface area contributed by atoms with Gasteiger partial charge < -0.3 is 4.74 Å². The molecule has 0 aromatic heterocycles. The molecular formula is C9H11NO4S2. The molecule has 16 heavy (non-hydrogen) atoms. The smallest absolute Gasteiger partial charge is 0.421 e. The van der Waals surface area contributed by atoms with Crippen molar-refractivity contribution in [3.8, 4) is 0 Å². The molecule has 0 heterocycles. The van der Waals surface area contributed by atoms with Gasteiger partial charge in [0.2, 0.25) is 0 Å². The summed E-state index contributed by atoms with van der Waals surface area (Å²) in [5.41, 5.74) is 0. The van der Waals surface area contributed by atoms with Crippen LogP contribution in [0.2, 0.25) is 0 Å². The molecule has 1 amide bonds. The van der Waals surface area contributed by atoms with Crippen LogP contribution in [0.25, 0.3) is 0 Å². The highest BCUT2D eigenvalue weighted by atomic mass is 32.2. The number of hydrogen-bond acceptors (Lipinski definition) is 5. The van der Waals surface area contributed by atoms with Gasteiger partial charge in [-0.25, -0.2) is 17.9 Å². The van der Waals surface area contributed by atoms with Crippen molar-refractivity contribution in [2.24, 2.45) is 0 Å². The minimum Gasteiger partial charge on any atom is -0.449 e. The first-order valence-electron chi connectivity index (χ1n) is 4.56. The third-order valence-electron chi connectivity index (χ3n) is 1.71. The molecule has 0 spiro atoms. The molecular weight excluding hydrogens is 250 g/mol. The zero-order valence-electron chi connectivity index (χ0n) is 8.60. The summed E-state index contributed by atoms with van der Waals surface area (Å²) < 4.78 is 29.5. The molecule has 88 valence electrons. The zero-order chi connectivity index (χ0) is 12.2. The maximum Gasteiger partial charge on any atom is 0.421 e. The molecule has 1 rings (SSSR count). The monoisotopic (exact) mass is 261 g/mol. The predicted octanol–water partition coefficient (Wildman–Crippen LogP) is 1.28. The normalized spacial score (nSPS) is 15.6. The van der Waals surface area contributed by atoms with Gasteiger partial charge in [0.05, 0.1) is 11.5 Å². The minimum atomic E-state index is -3.88. The zero-order valence-corrected chi connectivity index (χ0v) is 10.2. The number of carbonyl (C=O) groups excluding carboxylic acids is 1. The molecule has 7 heteroatoms. The molecule has 0 aromatic rings. The maximum atomic E-state index is 11.6. The molecule has 0 aromatic carbocycles. The van der Waals surface area contributed by atoms with E-state index >= 15 is 0 Å². The Hall–Kier alpha value is -1.21. The van der Waals surface area contributed by atoms with Gasteiger partial charge in [0.1, 0.15) is 0 Å². The summed E-state index contributed by atoms with van der Waals surface area (Å²) in [6, 6.07) is 0. The Bertz CT molecular complexity index is 462. The molecule has 0 saturated heterocycles. The van der Waals surface area contributed by atoms with Gasteiger partial charge >= 0.3 is 6.09 Å². The molecule has 0 atom stereocenters. The third-order valence-corrected chi connectivity index (χ3v) is 3.30. The summed E-state index contributed by atoms with van der Waals surface area (Å²) >= 11 is 4.88. The second-order valence-electron chi connectivity index (χ2n) is 2.95. The van der Waals surface area contributed by atoms with Gasteiger partial charge in [0.25, 0.3) is 10.0 Å². The van der Waals surface area contributed by atoms with Crippen LogP contribution in [0, 0.1) is 0 Å². The minimum absolute atomic E-state index is 0.0307. The van der Waals surface area contributed by atoms with Crippen LogP contribution < -0.4 is 4.72 Å². The first-order chi connectivity index (χ1) is 7.45. The van der Waals surface area contributed by atoms with E-state index in [4.69, 9.17) is 12.2 Å². The summed E-state index contributed by atoms with van der Waals surface area (Å²) in [5.74, 6) is 0. The van der Waals surface area contributed by atoms with Gasteiger partial charge in [-0.1, -0.05) is 18.3 Å². The lowest BCUT2D eigenvalue weighted by Crippen LogP contribution is -2.32. The van der Waals surface area contributed by atoms with Crippen LogP contribution in [0.1, 0.15) is 13.3 Å². The number of hydrogen-bond donors (Lipinski definition) is 1. The number of rotatable bonds is 3. The largest absolute Gasteiger partial charge is 0.449 e. The van der Waals surface area contributed by atoms with Crippen LogP contribution in [-0.4, -0.2) is 26.0 Å². The van der Waals surface area contributed by atoms with Crippen molar-refractivity contribution in [1.29, 1.82) is 0 Å². The fourth-order valence-corrected chi connectivity index (χ4v) is 2.32. The number of amides is 1. The summed E-state index contributed by atoms with van der Waals surface area (Å²) in [5, 5.41) is 0. The topological polar surface area (TPSA) is 72.5 Å². The van der Waals surface area contributed by atoms with E-state index in [1.165, 1.54) is 12.2 Å². The fraction of sp³-hybridized carbons (Fsp3) is 0.333. The number of thiocarbonyl (C=S) groups is 1. The Morgan fingerprint density at radius 2 is 2.31 bits per heavy atom. The molecule has 0 bridgehead atoms. The van der Waals surface area contributed by atoms with Gasteiger partial charge in [-0.3, -0.25) is 0 Å². The first kappa shape index (κ1) is 12.9. The number of sulfonamides is 1. The molecule has 1 aliphatic carbocycles. The second kappa shape index (κ2) is 5.22. The first-order valence-corrected chi connectivity index (χ1v) is 6.45. The predicted molar refractivity (Wildman–Crippen MR) is 63.5 cm³/mol. The van der Waals surface area contributed by atoms with E-state index in [1.807, 2.05) is 0 Å². The Morgan fingerprint density at radius 3 is 2.88 bits per heavy atom. The maximum absolute atomic E-state index is 11.6. The van der Waals surface area contributed by atoms with Gasteiger partial charge in [-0.05, 0) is 19.1 Å². The Labute approximate surface area is 99.2 Å². The average molecular weight is 261 g/mol. The highest BCUT2D eigenvalue weighted by Gasteiger charge is 2.20. The van der Waals surface area contributed by atoms with E-state index < -0.39 is 16.1 Å². The molecule has 0 unspecified atom stereocenters. The van der Waals surface area contributed by atoms with Gasteiger partial charge in [-0.2, -0.15) is 0 Å². The van der Waals surface area contributed by atoms with Crippen LogP contribution in [0.4, 0.5) is 4.79 Å². The van der Waals surface area contributed by atoms with E-state index in [0.29, 0.717) is 11.3 Å². The van der Waals surface area contributed by atoms with E-state index in [9.17, 15) is 13.2 Å². The van der Waals surface area contributed by atoms with Crippen molar-refractivity contribution >= 4 is 33.2 Å². The molecule has 1 N–H and O–H groups in total. The Kier molecular flexibility index (Phi) is 4.19. The average Bonchev–Trinajstić information content (AvgIpc) is 2.17. The number of allylic oxidation sites excluding steroid dienone is 3. The molecule has 0 fully saturated rings. The van der Waals surface area contributed by atoms with Crippen molar-refractivity contribution in [3.63, 3.8) is 0 Å². The number of carbonyl (C=O) groups is 1. The van der Waals surface area contributed by atoms with Gasteiger partial charge in [-0.15, -0.1) is 0 Å². The molecule has 0 saturated carbocycles. The van der Waals surface area contributed by atoms with E-state index in [-0.39, 0.29) is 11.5 Å². The van der Waals surface area contributed by atoms with E-state index in [1.54, 1.807) is 17.7 Å². The fourth-order valence-electron chi connectivity index (χ4n) is 1.05. The van der Waals surface area contributed by atoms with E-state index in [2.05, 4.69) is 4.74 Å². The van der Waals surface area contributed by atoms with Crippen molar-refractivity contribution in [3.05, 3.63) is 23.1 Å². The van der Waals surface area contributed by atoms with Crippen molar-refractivity contribution in [2.45, 2.75) is 13.3 Å². The van der Waals surface area contributed by atoms with Crippen molar-refractivity contribution < 1.29 is 17.9 Å². The molecule has 5 nitrogen and oxygen atoms in total. The molecule has 0 aliphatic heterocycles. The highest BCUT2D eigenvalue weighted by Crippen LogP contribution is 2.13. The number of ether oxygens (including phenoxy) is 1. The highest BCUT2D eigenvalue weighted by molar-refractivity contribution is 7.94. The summed E-state index contributed by atoms with van der Waals surface area (Å²) in [4.78, 5) is 11.5. The lowest BCUT2D eigenvalue weighted by atomic mass is 10.2. The van der Waals surface area contributed by atoms with Crippen molar-refractivity contribution in [2.75, 3.05) is 6.61 Å². The third kappa shape index (κ3) is 3.42. The SMILES string of the molecule is CCOC(=O)NS(=O)(=O)C1=CC(=S)CC=C1. The Balaban J connectivity index is 2.82. The van der Waals surface area contributed by atoms with Gasteiger partial charge in [0, 0.05) is 11.3 Å². The van der Waals surface area contributed by atoms with Crippen molar-refractivity contribution in [1.82, 2.24) is 4.72 Å². The summed E-state index contributed by atoms with van der Waals surface area (Å²) in [7, 11) is -3.88. The van der Waals surface area contributed by atoms with Crippen LogP contribution in [0.5, 0.6) is 0 Å². The quantitative estimate of drug-likeness (QED) is 0.775.